The van der Waals surface area contributed by atoms with Crippen molar-refractivity contribution in [2.24, 2.45) is 0 Å². The number of thiazole rings is 1. The lowest BCUT2D eigenvalue weighted by Gasteiger charge is -2.31. The van der Waals surface area contributed by atoms with Crippen molar-refractivity contribution < 1.29 is 26.9 Å². The zero-order chi connectivity index (χ0) is 22.3. The van der Waals surface area contributed by atoms with Gasteiger partial charge >= 0.3 is 0 Å². The monoisotopic (exact) mass is 469 g/mol. The minimum Gasteiger partial charge on any atom is -0.467 e. The normalized spacial score (nSPS) is 16.0. The summed E-state index contributed by atoms with van der Waals surface area (Å²) in [4.78, 5) is 14.4. The van der Waals surface area contributed by atoms with Crippen molar-refractivity contribution >= 4 is 37.3 Å². The Bertz CT molecular complexity index is 1270. The number of hydrogen-bond donors (Lipinski definition) is 0. The van der Waals surface area contributed by atoms with Crippen molar-refractivity contribution in [3.05, 3.63) is 57.6 Å². The smallest absolute Gasteiger partial charge is 0.274 e. The number of aryl methyl sites for hydroxylation is 1. The second-order valence-corrected chi connectivity index (χ2v) is 10.0. The zero-order valence-electron chi connectivity index (χ0n) is 16.2. The Hall–Kier alpha value is -2.70. The predicted molar refractivity (Wildman–Crippen MR) is 110 cm³/mol. The largest absolute Gasteiger partial charge is 0.467 e. The Morgan fingerprint density at radius 3 is 2.61 bits per heavy atom. The predicted octanol–water partition coefficient (Wildman–Crippen LogP) is 4.02. The minimum atomic E-state index is -3.91. The minimum absolute atomic E-state index is 0.0301. The average Bonchev–Trinajstić information content (AvgIpc) is 3.11. The summed E-state index contributed by atoms with van der Waals surface area (Å²) in [5, 5.41) is 11.2. The lowest BCUT2D eigenvalue weighted by atomic mass is 10.1. The van der Waals surface area contributed by atoms with Gasteiger partial charge in [0.2, 0.25) is 10.0 Å². The number of non-ortho nitro benzene ring substituents is 1. The van der Waals surface area contributed by atoms with Crippen LogP contribution in [-0.2, 0) is 10.0 Å². The number of ether oxygens (including phenoxy) is 1. The summed E-state index contributed by atoms with van der Waals surface area (Å²) >= 11 is 1.02. The van der Waals surface area contributed by atoms with E-state index in [0.29, 0.717) is 23.1 Å². The van der Waals surface area contributed by atoms with Crippen LogP contribution in [0.1, 0.15) is 18.4 Å². The summed E-state index contributed by atoms with van der Waals surface area (Å²) < 4.78 is 60.6. The average molecular weight is 469 g/mol. The molecule has 31 heavy (non-hydrogen) atoms. The van der Waals surface area contributed by atoms with E-state index in [4.69, 9.17) is 4.74 Å². The Kier molecular flexibility index (Phi) is 5.62. The highest BCUT2D eigenvalue weighted by atomic mass is 32.2. The van der Waals surface area contributed by atoms with Crippen LogP contribution in [0.3, 0.4) is 0 Å². The van der Waals surface area contributed by atoms with Gasteiger partial charge in [-0.25, -0.2) is 17.2 Å². The fourth-order valence-corrected chi connectivity index (χ4v) is 6.07. The fourth-order valence-electron chi connectivity index (χ4n) is 3.44. The highest BCUT2D eigenvalue weighted by Gasteiger charge is 2.32. The number of nitro benzene ring substituents is 1. The van der Waals surface area contributed by atoms with Crippen LogP contribution < -0.4 is 4.74 Å². The van der Waals surface area contributed by atoms with E-state index < -0.39 is 26.6 Å². The Morgan fingerprint density at radius 1 is 1.23 bits per heavy atom. The molecule has 1 aliphatic heterocycles. The van der Waals surface area contributed by atoms with Gasteiger partial charge in [-0.3, -0.25) is 10.1 Å². The zero-order valence-corrected chi connectivity index (χ0v) is 17.9. The lowest BCUT2D eigenvalue weighted by molar-refractivity contribution is -0.385. The van der Waals surface area contributed by atoms with Crippen LogP contribution in [0.15, 0.2) is 35.2 Å². The molecule has 0 amide bonds. The van der Waals surface area contributed by atoms with Gasteiger partial charge in [0.05, 0.1) is 14.5 Å². The van der Waals surface area contributed by atoms with E-state index in [-0.39, 0.29) is 40.5 Å². The van der Waals surface area contributed by atoms with Crippen molar-refractivity contribution in [3.63, 3.8) is 0 Å². The van der Waals surface area contributed by atoms with Crippen molar-refractivity contribution in [2.45, 2.75) is 30.8 Å². The first-order chi connectivity index (χ1) is 14.6. The van der Waals surface area contributed by atoms with Crippen LogP contribution >= 0.6 is 11.3 Å². The summed E-state index contributed by atoms with van der Waals surface area (Å²) in [5.74, 6) is -1.47. The van der Waals surface area contributed by atoms with Gasteiger partial charge in [0.25, 0.3) is 10.9 Å². The molecule has 0 unspecified atom stereocenters. The summed E-state index contributed by atoms with van der Waals surface area (Å²) in [6.07, 6.45) is 0.381. The fraction of sp³-hybridized carbons (Fsp3) is 0.316. The second-order valence-electron chi connectivity index (χ2n) is 7.14. The maximum absolute atomic E-state index is 13.8. The molecular formula is C19H17F2N3O5S2. The molecule has 2 heterocycles. The SMILES string of the molecule is Cc1ccc([N+](=O)[O-])cc1S(=O)(=O)N1CCC(Oc2nc3c(F)cc(F)cc3s2)CC1. The van der Waals surface area contributed by atoms with E-state index >= 15 is 0 Å². The van der Waals surface area contributed by atoms with E-state index in [1.807, 2.05) is 0 Å². The van der Waals surface area contributed by atoms with Crippen LogP contribution in [0.2, 0.25) is 0 Å². The standard InChI is InChI=1S/C19H17F2N3O5S2/c1-11-2-3-13(24(25)26)10-17(11)31(27,28)23-6-4-14(5-7-23)29-19-22-18-15(21)8-12(20)9-16(18)30-19/h2-3,8-10,14H,4-7H2,1H3. The molecule has 1 fully saturated rings. The number of aromatic nitrogens is 1. The third-order valence-corrected chi connectivity index (χ3v) is 8.00. The molecule has 0 bridgehead atoms. The van der Waals surface area contributed by atoms with Crippen LogP contribution in [0.4, 0.5) is 14.5 Å². The van der Waals surface area contributed by atoms with Crippen molar-refractivity contribution in [1.82, 2.24) is 9.29 Å². The van der Waals surface area contributed by atoms with Crippen molar-refractivity contribution in [3.8, 4) is 5.19 Å². The molecule has 0 radical (unpaired) electrons. The molecule has 12 heteroatoms. The first-order valence-electron chi connectivity index (χ1n) is 9.32. The Balaban J connectivity index is 1.47. The maximum Gasteiger partial charge on any atom is 0.274 e. The molecule has 2 aromatic carbocycles. The number of piperidine rings is 1. The van der Waals surface area contributed by atoms with E-state index in [1.54, 1.807) is 6.92 Å². The highest BCUT2D eigenvalue weighted by Crippen LogP contribution is 2.33. The first-order valence-corrected chi connectivity index (χ1v) is 11.6. The van der Waals surface area contributed by atoms with Gasteiger partial charge in [-0.15, -0.1) is 0 Å². The molecule has 1 aliphatic rings. The molecular weight excluding hydrogens is 452 g/mol. The number of nitro groups is 1. The van der Waals surface area contributed by atoms with E-state index in [0.717, 1.165) is 23.5 Å². The van der Waals surface area contributed by atoms with Crippen LogP contribution in [0.5, 0.6) is 5.19 Å². The topological polar surface area (TPSA) is 103 Å². The molecule has 4 rings (SSSR count). The van der Waals surface area contributed by atoms with Crippen LogP contribution in [-0.4, -0.2) is 41.8 Å². The van der Waals surface area contributed by atoms with Crippen LogP contribution in [0, 0.1) is 28.7 Å². The van der Waals surface area contributed by atoms with Gasteiger partial charge in [0.1, 0.15) is 17.4 Å². The van der Waals surface area contributed by atoms with Gasteiger partial charge in [-0.2, -0.15) is 9.29 Å². The quantitative estimate of drug-likeness (QED) is 0.413. The van der Waals surface area contributed by atoms with Gasteiger partial charge in [-0.05, 0) is 31.4 Å². The molecule has 0 N–H and O–H groups in total. The van der Waals surface area contributed by atoms with Gasteiger partial charge in [0, 0.05) is 31.3 Å². The van der Waals surface area contributed by atoms with Gasteiger partial charge in [0.15, 0.2) is 5.82 Å². The molecule has 0 saturated carbocycles. The Labute approximate surface area is 180 Å². The maximum atomic E-state index is 13.8. The number of benzene rings is 2. The van der Waals surface area contributed by atoms with Crippen molar-refractivity contribution in [2.75, 3.05) is 13.1 Å². The van der Waals surface area contributed by atoms with E-state index in [9.17, 15) is 27.3 Å². The highest BCUT2D eigenvalue weighted by molar-refractivity contribution is 7.89. The molecule has 8 nitrogen and oxygen atoms in total. The number of fused-ring (bicyclic) bond motifs is 1. The van der Waals surface area contributed by atoms with Gasteiger partial charge in [-0.1, -0.05) is 17.4 Å². The number of rotatable bonds is 5. The Morgan fingerprint density at radius 2 is 1.94 bits per heavy atom. The number of nitrogens with zero attached hydrogens (tertiary/aromatic N) is 3. The molecule has 0 atom stereocenters. The number of halogens is 2. The van der Waals surface area contributed by atoms with Gasteiger partial charge < -0.3 is 4.74 Å². The molecule has 3 aromatic rings. The van der Waals surface area contributed by atoms with E-state index in [1.165, 1.54) is 22.5 Å². The van der Waals surface area contributed by atoms with Crippen LogP contribution in [0.25, 0.3) is 10.2 Å². The number of sulfonamides is 1. The molecule has 1 saturated heterocycles. The molecule has 0 aliphatic carbocycles. The summed E-state index contributed by atoms with van der Waals surface area (Å²) in [6, 6.07) is 5.68. The third-order valence-electron chi connectivity index (χ3n) is 5.06. The third kappa shape index (κ3) is 4.23. The summed E-state index contributed by atoms with van der Waals surface area (Å²) in [5.41, 5.74) is 0.164. The molecule has 0 spiro atoms. The first kappa shape index (κ1) is 21.5. The molecule has 1 aromatic heterocycles. The van der Waals surface area contributed by atoms with Crippen molar-refractivity contribution in [1.29, 1.82) is 0 Å². The summed E-state index contributed by atoms with van der Waals surface area (Å²) in [6.45, 7) is 1.90. The number of hydrogen-bond acceptors (Lipinski definition) is 7. The summed E-state index contributed by atoms with van der Waals surface area (Å²) in [7, 11) is -3.91. The van der Waals surface area contributed by atoms with E-state index in [2.05, 4.69) is 4.98 Å². The lowest BCUT2D eigenvalue weighted by Crippen LogP contribution is -2.41. The second kappa shape index (κ2) is 8.09. The molecule has 164 valence electrons.